The number of nitrogens with zero attached hydrogens (tertiary/aromatic N) is 6. The van der Waals surface area contributed by atoms with Crippen molar-refractivity contribution >= 4 is 16.3 Å². The molecule has 0 bridgehead atoms. The molecule has 0 amide bonds. The van der Waals surface area contributed by atoms with Crippen molar-refractivity contribution in [1.29, 1.82) is 0 Å². The van der Waals surface area contributed by atoms with Crippen molar-refractivity contribution in [2.75, 3.05) is 0 Å². The van der Waals surface area contributed by atoms with E-state index in [4.69, 9.17) is 4.52 Å². The Labute approximate surface area is 129 Å². The molecule has 0 aliphatic rings. The molecule has 0 atom stereocenters. The van der Waals surface area contributed by atoms with Crippen molar-refractivity contribution in [3.63, 3.8) is 0 Å². The van der Waals surface area contributed by atoms with Crippen molar-refractivity contribution in [2.24, 2.45) is 0 Å². The second kappa shape index (κ2) is 4.73. The maximum absolute atomic E-state index is 5.09. The Morgan fingerprint density at radius 1 is 1.23 bits per heavy atom. The van der Waals surface area contributed by atoms with Crippen molar-refractivity contribution in [3.8, 4) is 22.2 Å². The van der Waals surface area contributed by atoms with Crippen LogP contribution in [-0.2, 0) is 0 Å². The first-order valence-electron chi connectivity index (χ1n) is 6.83. The van der Waals surface area contributed by atoms with Gasteiger partial charge < -0.3 is 4.52 Å². The van der Waals surface area contributed by atoms with Crippen LogP contribution in [0.15, 0.2) is 16.7 Å². The van der Waals surface area contributed by atoms with Crippen LogP contribution < -0.4 is 0 Å². The molecule has 0 spiro atoms. The van der Waals surface area contributed by atoms with Crippen molar-refractivity contribution < 1.29 is 4.52 Å². The summed E-state index contributed by atoms with van der Waals surface area (Å²) < 4.78 is 6.77. The first-order chi connectivity index (χ1) is 10.6. The van der Waals surface area contributed by atoms with Gasteiger partial charge in [0.05, 0.1) is 0 Å². The van der Waals surface area contributed by atoms with E-state index in [1.54, 1.807) is 4.52 Å². The third-order valence-corrected chi connectivity index (χ3v) is 4.21. The summed E-state index contributed by atoms with van der Waals surface area (Å²) in [5, 5.41) is 24.9. The first-order valence-corrected chi connectivity index (χ1v) is 7.65. The van der Waals surface area contributed by atoms with Crippen LogP contribution in [0.5, 0.6) is 0 Å². The topological polar surface area (TPSA) is 97.8 Å². The lowest BCUT2D eigenvalue weighted by Gasteiger charge is -1.96. The number of nitrogens with one attached hydrogen (secondary N) is 1. The van der Waals surface area contributed by atoms with Crippen LogP contribution in [0.3, 0.4) is 0 Å². The molecule has 4 heterocycles. The van der Waals surface area contributed by atoms with Crippen LogP contribution in [0.4, 0.5) is 0 Å². The minimum absolute atomic E-state index is 0.369. The summed E-state index contributed by atoms with van der Waals surface area (Å²) in [6.45, 7) is 6.05. The molecule has 4 rings (SSSR count). The summed E-state index contributed by atoms with van der Waals surface area (Å²) in [7, 11) is 0. The number of aryl methyl sites for hydroxylation is 1. The van der Waals surface area contributed by atoms with Gasteiger partial charge in [0.15, 0.2) is 5.01 Å². The molecule has 0 aliphatic heterocycles. The van der Waals surface area contributed by atoms with Gasteiger partial charge in [0.25, 0.3) is 0 Å². The molecule has 0 unspecified atom stereocenters. The summed E-state index contributed by atoms with van der Waals surface area (Å²) >= 11 is 1.41. The molecule has 0 fully saturated rings. The zero-order valence-corrected chi connectivity index (χ0v) is 13.0. The molecule has 112 valence electrons. The van der Waals surface area contributed by atoms with Gasteiger partial charge in [-0.15, -0.1) is 10.2 Å². The number of fused-ring (bicyclic) bond motifs is 1. The lowest BCUT2D eigenvalue weighted by molar-refractivity contribution is 0.399. The highest BCUT2D eigenvalue weighted by molar-refractivity contribution is 7.19. The summed E-state index contributed by atoms with van der Waals surface area (Å²) in [6.07, 6.45) is 0. The van der Waals surface area contributed by atoms with Gasteiger partial charge in [0.2, 0.25) is 10.8 Å². The Hall–Kier alpha value is -2.55. The molecule has 0 saturated carbocycles. The second-order valence-electron chi connectivity index (χ2n) is 5.31. The van der Waals surface area contributed by atoms with Gasteiger partial charge in [-0.25, -0.2) is 0 Å². The average Bonchev–Trinajstić information content (AvgIpc) is 3.20. The minimum Gasteiger partial charge on any atom is -0.361 e. The number of hydrogen-bond acceptors (Lipinski definition) is 7. The SMILES string of the molecule is Cc1cc(-c2nn3c(-c4cc(C(C)C)[nH]n4)nnc3s2)no1. The summed E-state index contributed by atoms with van der Waals surface area (Å²) in [4.78, 5) is 0.694. The van der Waals surface area contributed by atoms with Crippen LogP contribution in [0.25, 0.3) is 27.2 Å². The van der Waals surface area contributed by atoms with Crippen LogP contribution in [-0.4, -0.2) is 35.2 Å². The molecule has 8 nitrogen and oxygen atoms in total. The van der Waals surface area contributed by atoms with E-state index >= 15 is 0 Å². The summed E-state index contributed by atoms with van der Waals surface area (Å²) in [5.74, 6) is 1.73. The minimum atomic E-state index is 0.369. The first kappa shape index (κ1) is 13.1. The number of H-pyrrole nitrogens is 1. The molecule has 0 aliphatic carbocycles. The van der Waals surface area contributed by atoms with Crippen molar-refractivity contribution in [2.45, 2.75) is 26.7 Å². The van der Waals surface area contributed by atoms with E-state index in [0.717, 1.165) is 22.2 Å². The third-order valence-electron chi connectivity index (χ3n) is 3.29. The summed E-state index contributed by atoms with van der Waals surface area (Å²) in [6, 6.07) is 3.82. The molecule has 4 aromatic rings. The molecule has 0 saturated heterocycles. The highest BCUT2D eigenvalue weighted by Crippen LogP contribution is 2.27. The van der Waals surface area contributed by atoms with E-state index in [1.807, 2.05) is 19.1 Å². The van der Waals surface area contributed by atoms with E-state index in [0.29, 0.717) is 22.4 Å². The zero-order valence-electron chi connectivity index (χ0n) is 12.2. The Morgan fingerprint density at radius 2 is 2.09 bits per heavy atom. The molecule has 4 aromatic heterocycles. The van der Waals surface area contributed by atoms with E-state index in [-0.39, 0.29) is 0 Å². The predicted molar refractivity (Wildman–Crippen MR) is 80.6 cm³/mol. The van der Waals surface area contributed by atoms with Crippen molar-refractivity contribution in [3.05, 3.63) is 23.6 Å². The van der Waals surface area contributed by atoms with Crippen LogP contribution in [0, 0.1) is 6.92 Å². The average molecular weight is 315 g/mol. The fraction of sp³-hybridized carbons (Fsp3) is 0.308. The monoisotopic (exact) mass is 315 g/mol. The largest absolute Gasteiger partial charge is 0.361 e. The van der Waals surface area contributed by atoms with Gasteiger partial charge in [0.1, 0.15) is 17.1 Å². The smallest absolute Gasteiger partial charge is 0.235 e. The zero-order chi connectivity index (χ0) is 15.3. The molecule has 1 N–H and O–H groups in total. The molecule has 0 aromatic carbocycles. The van der Waals surface area contributed by atoms with Gasteiger partial charge in [-0.2, -0.15) is 14.7 Å². The Morgan fingerprint density at radius 3 is 2.77 bits per heavy atom. The van der Waals surface area contributed by atoms with Crippen LogP contribution in [0.2, 0.25) is 0 Å². The van der Waals surface area contributed by atoms with Gasteiger partial charge in [-0.3, -0.25) is 5.10 Å². The van der Waals surface area contributed by atoms with Crippen molar-refractivity contribution in [1.82, 2.24) is 35.2 Å². The molecule has 0 radical (unpaired) electrons. The molecular weight excluding hydrogens is 302 g/mol. The van der Waals surface area contributed by atoms with Crippen LogP contribution >= 0.6 is 11.3 Å². The lowest BCUT2D eigenvalue weighted by Crippen LogP contribution is -1.91. The number of rotatable bonds is 3. The van der Waals surface area contributed by atoms with Gasteiger partial charge in [0, 0.05) is 11.8 Å². The standard InChI is InChI=1S/C13H13N7OS/c1-6(2)8-5-9(15-14-8)11-16-17-13-20(11)18-12(22-13)10-4-7(3)21-19-10/h4-6H,1-3H3,(H,14,15). The van der Waals surface area contributed by atoms with E-state index < -0.39 is 0 Å². The lowest BCUT2D eigenvalue weighted by atomic mass is 10.1. The Bertz CT molecular complexity index is 945. The normalized spacial score (nSPS) is 11.8. The predicted octanol–water partition coefficient (Wildman–Crippen LogP) is 2.66. The fourth-order valence-electron chi connectivity index (χ4n) is 2.09. The quantitative estimate of drug-likeness (QED) is 0.624. The van der Waals surface area contributed by atoms with Gasteiger partial charge in [-0.05, 0) is 18.9 Å². The fourth-order valence-corrected chi connectivity index (χ4v) is 2.89. The Kier molecular flexibility index (Phi) is 2.83. The third kappa shape index (κ3) is 2.01. The van der Waals surface area contributed by atoms with E-state index in [1.165, 1.54) is 11.3 Å². The number of hydrogen-bond donors (Lipinski definition) is 1. The number of aromatic amines is 1. The molecule has 9 heteroatoms. The molecular formula is C13H13N7OS. The van der Waals surface area contributed by atoms with E-state index in [2.05, 4.69) is 44.5 Å². The van der Waals surface area contributed by atoms with Crippen LogP contribution in [0.1, 0.15) is 31.2 Å². The van der Waals surface area contributed by atoms with Gasteiger partial charge >= 0.3 is 0 Å². The summed E-state index contributed by atoms with van der Waals surface area (Å²) in [5.41, 5.74) is 2.47. The maximum Gasteiger partial charge on any atom is 0.235 e. The highest BCUT2D eigenvalue weighted by atomic mass is 32.1. The second-order valence-corrected chi connectivity index (χ2v) is 6.27. The number of aromatic nitrogens is 7. The van der Waals surface area contributed by atoms with E-state index in [9.17, 15) is 0 Å². The molecule has 22 heavy (non-hydrogen) atoms. The maximum atomic E-state index is 5.09. The van der Waals surface area contributed by atoms with Gasteiger partial charge in [-0.1, -0.05) is 30.3 Å². The highest BCUT2D eigenvalue weighted by Gasteiger charge is 2.18. The Balaban J connectivity index is 1.80.